The van der Waals surface area contributed by atoms with E-state index >= 15 is 0 Å². The molecule has 11 heteroatoms. The third-order valence-electron chi connectivity index (χ3n) is 9.99. The number of hydrogen-bond acceptors (Lipinski definition) is 8. The summed E-state index contributed by atoms with van der Waals surface area (Å²) in [6.07, 6.45) is 16.5. The number of aliphatic imine (C=N–C) groups is 5. The maximum atomic E-state index is 5.33. The number of imidazole rings is 1. The van der Waals surface area contributed by atoms with Crippen molar-refractivity contribution in [1.82, 2.24) is 18.7 Å². The molecule has 1 aliphatic carbocycles. The monoisotopic (exact) mass is 683 g/mol. The average Bonchev–Trinajstić information content (AvgIpc) is 3.96. The van der Waals surface area contributed by atoms with Crippen LogP contribution in [0.25, 0.3) is 22.4 Å². The molecule has 256 valence electrons. The molecule has 5 aliphatic rings. The molecule has 0 saturated heterocycles. The van der Waals surface area contributed by atoms with Crippen molar-refractivity contribution < 1.29 is 0 Å². The zero-order valence-electron chi connectivity index (χ0n) is 29.6. The molecule has 4 aliphatic heterocycles. The van der Waals surface area contributed by atoms with Crippen molar-refractivity contribution in [2.75, 3.05) is 10.6 Å². The van der Waals surface area contributed by atoms with Crippen molar-refractivity contribution in [3.63, 3.8) is 0 Å². The van der Waals surface area contributed by atoms with E-state index in [1.54, 1.807) is 0 Å². The Hall–Kier alpha value is -6.36. The predicted molar refractivity (Wildman–Crippen MR) is 211 cm³/mol. The van der Waals surface area contributed by atoms with E-state index in [4.69, 9.17) is 29.9 Å². The van der Waals surface area contributed by atoms with Gasteiger partial charge in [-0.3, -0.25) is 9.56 Å². The SMILES string of the molecule is CC1=NC2=NC([C@@H]3C=Nc4cc(-n5cccc5)cc(NC(C)C)c43)=C3C=CC4=C3C2C(=N1)N=C4n1cnc2cc(-n3cccc3)cc(NC(C)C)c21. The standard InChI is InChI=1S/C41H37N11/c1-22(2)44-31-17-25(50-12-6-7-13-50)16-30-35(31)29(20-42-30)37-27-10-11-28-34(27)36-39(48-37)46-24(5)47-40(36)49-41(28)52-21-43-32-18-26(51-14-8-9-15-51)19-33(38(32)52)45-23(3)4/h6-23,29,36,44-45H,1-5H3/t29-,36?/m1/s1. The van der Waals surface area contributed by atoms with E-state index in [1.807, 2.05) is 56.1 Å². The molecule has 0 spiro atoms. The minimum Gasteiger partial charge on any atom is -0.382 e. The van der Waals surface area contributed by atoms with Gasteiger partial charge in [-0.25, -0.2) is 25.0 Å². The maximum absolute atomic E-state index is 5.33. The minimum atomic E-state index is -0.248. The number of benzene rings is 2. The summed E-state index contributed by atoms with van der Waals surface area (Å²) in [5.74, 6) is 2.43. The van der Waals surface area contributed by atoms with Crippen LogP contribution in [0.4, 0.5) is 17.1 Å². The Morgan fingerprint density at radius 2 is 1.37 bits per heavy atom. The van der Waals surface area contributed by atoms with E-state index in [0.29, 0.717) is 11.7 Å². The lowest BCUT2D eigenvalue weighted by Crippen LogP contribution is -2.37. The fourth-order valence-corrected chi connectivity index (χ4v) is 7.98. The molecule has 2 N–H and O–H groups in total. The van der Waals surface area contributed by atoms with Crippen molar-refractivity contribution in [1.29, 1.82) is 0 Å². The number of amidine groups is 3. The summed E-state index contributed by atoms with van der Waals surface area (Å²) < 4.78 is 6.33. The lowest BCUT2D eigenvalue weighted by Gasteiger charge is -2.33. The van der Waals surface area contributed by atoms with Gasteiger partial charge in [0.15, 0.2) is 0 Å². The molecular weight excluding hydrogens is 647 g/mol. The lowest BCUT2D eigenvalue weighted by atomic mass is 9.81. The predicted octanol–water partition coefficient (Wildman–Crippen LogP) is 8.00. The van der Waals surface area contributed by atoms with E-state index in [1.165, 1.54) is 0 Å². The van der Waals surface area contributed by atoms with Gasteiger partial charge in [-0.2, -0.15) is 0 Å². The first kappa shape index (κ1) is 30.5. The van der Waals surface area contributed by atoms with Crippen molar-refractivity contribution in [3.05, 3.63) is 120 Å². The summed E-state index contributed by atoms with van der Waals surface area (Å²) in [4.78, 5) is 30.3. The molecule has 10 rings (SSSR count). The van der Waals surface area contributed by atoms with Gasteiger partial charge in [-0.05, 0) is 88.7 Å². The van der Waals surface area contributed by atoms with E-state index < -0.39 is 0 Å². The Bertz CT molecular complexity index is 2580. The quantitative estimate of drug-likeness (QED) is 0.181. The molecule has 52 heavy (non-hydrogen) atoms. The third-order valence-corrected chi connectivity index (χ3v) is 9.99. The average molecular weight is 684 g/mol. The highest BCUT2D eigenvalue weighted by atomic mass is 15.2. The van der Waals surface area contributed by atoms with Crippen LogP contribution >= 0.6 is 0 Å². The van der Waals surface area contributed by atoms with Crippen molar-refractivity contribution in [2.24, 2.45) is 30.9 Å². The number of aromatic nitrogens is 4. The van der Waals surface area contributed by atoms with Gasteiger partial charge in [-0.1, -0.05) is 12.2 Å². The molecule has 1 unspecified atom stereocenters. The van der Waals surface area contributed by atoms with Crippen LogP contribution in [0.5, 0.6) is 0 Å². The van der Waals surface area contributed by atoms with Gasteiger partial charge in [0.1, 0.15) is 35.6 Å². The molecule has 11 nitrogen and oxygen atoms in total. The Kier molecular flexibility index (Phi) is 6.63. The van der Waals surface area contributed by atoms with Gasteiger partial charge in [0.05, 0.1) is 34.0 Å². The first-order valence-electron chi connectivity index (χ1n) is 17.8. The summed E-state index contributed by atoms with van der Waals surface area (Å²) in [5, 5.41) is 7.41. The first-order chi connectivity index (χ1) is 25.3. The molecule has 0 bridgehead atoms. The molecule has 3 aromatic heterocycles. The highest BCUT2D eigenvalue weighted by Gasteiger charge is 2.45. The van der Waals surface area contributed by atoms with Crippen LogP contribution in [0, 0.1) is 5.92 Å². The molecule has 2 aromatic carbocycles. The minimum absolute atomic E-state index is 0.168. The lowest BCUT2D eigenvalue weighted by molar-refractivity contribution is 0.886. The van der Waals surface area contributed by atoms with Crippen molar-refractivity contribution >= 4 is 57.7 Å². The van der Waals surface area contributed by atoms with E-state index in [0.717, 1.165) is 79.1 Å². The summed E-state index contributed by atoms with van der Waals surface area (Å²) in [6, 6.07) is 17.2. The Morgan fingerprint density at radius 3 is 2.10 bits per heavy atom. The van der Waals surface area contributed by atoms with Gasteiger partial charge < -0.3 is 19.8 Å². The summed E-state index contributed by atoms with van der Waals surface area (Å²) >= 11 is 0. The summed E-state index contributed by atoms with van der Waals surface area (Å²) in [6.45, 7) is 10.5. The second-order valence-corrected chi connectivity index (χ2v) is 14.4. The zero-order valence-corrected chi connectivity index (χ0v) is 29.6. The highest BCUT2D eigenvalue weighted by Crippen LogP contribution is 2.50. The number of rotatable bonds is 7. The molecule has 5 aromatic rings. The molecule has 2 atom stereocenters. The third kappa shape index (κ3) is 4.65. The highest BCUT2D eigenvalue weighted by molar-refractivity contribution is 6.28. The van der Waals surface area contributed by atoms with Crippen LogP contribution in [0.3, 0.4) is 0 Å². The number of fused-ring (bicyclic) bond motifs is 2. The van der Waals surface area contributed by atoms with Crippen molar-refractivity contribution in [3.8, 4) is 11.4 Å². The maximum Gasteiger partial charge on any atom is 0.148 e. The van der Waals surface area contributed by atoms with Crippen LogP contribution in [0.15, 0.2) is 139 Å². The molecular formula is C41H37N11. The Labute approximate surface area is 301 Å². The number of nitrogens with one attached hydrogen (secondary N) is 2. The fourth-order valence-electron chi connectivity index (χ4n) is 7.98. The topological polar surface area (TPSA) is 114 Å². The molecule has 0 amide bonds. The number of allylic oxidation sites excluding steroid dienone is 5. The van der Waals surface area contributed by atoms with Crippen LogP contribution in [0.2, 0.25) is 0 Å². The second-order valence-electron chi connectivity index (χ2n) is 14.4. The smallest absolute Gasteiger partial charge is 0.148 e. The van der Waals surface area contributed by atoms with E-state index in [9.17, 15) is 0 Å². The van der Waals surface area contributed by atoms with Crippen LogP contribution in [-0.2, 0) is 0 Å². The van der Waals surface area contributed by atoms with E-state index in [-0.39, 0.29) is 23.9 Å². The largest absolute Gasteiger partial charge is 0.382 e. The second kappa shape index (κ2) is 11.3. The number of anilines is 2. The molecule has 0 radical (unpaired) electrons. The molecule has 0 fully saturated rings. The Balaban J connectivity index is 1.15. The van der Waals surface area contributed by atoms with Gasteiger partial charge in [0.2, 0.25) is 0 Å². The summed E-state index contributed by atoms with van der Waals surface area (Å²) in [7, 11) is 0. The van der Waals surface area contributed by atoms with Crippen LogP contribution in [0.1, 0.15) is 46.1 Å². The van der Waals surface area contributed by atoms with Crippen LogP contribution < -0.4 is 10.6 Å². The Morgan fingerprint density at radius 1 is 0.712 bits per heavy atom. The van der Waals surface area contributed by atoms with Gasteiger partial charge in [0, 0.05) is 76.9 Å². The normalized spacial score (nSPS) is 19.8. The zero-order chi connectivity index (χ0) is 35.2. The first-order valence-corrected chi connectivity index (χ1v) is 17.8. The van der Waals surface area contributed by atoms with Crippen molar-refractivity contribution in [2.45, 2.75) is 52.6 Å². The van der Waals surface area contributed by atoms with Crippen LogP contribution in [-0.4, -0.2) is 60.3 Å². The molecule has 7 heterocycles. The number of dihydropyridines is 1. The summed E-state index contributed by atoms with van der Waals surface area (Å²) in [5.41, 5.74) is 12.2. The number of nitrogens with zero attached hydrogens (tertiary/aromatic N) is 9. The van der Waals surface area contributed by atoms with Gasteiger partial charge in [0.25, 0.3) is 0 Å². The van der Waals surface area contributed by atoms with E-state index in [2.05, 4.69) is 101 Å². The molecule has 0 saturated carbocycles. The van der Waals surface area contributed by atoms with Gasteiger partial charge in [-0.15, -0.1) is 0 Å². The van der Waals surface area contributed by atoms with Gasteiger partial charge >= 0.3 is 0 Å². The fraction of sp³-hybridized carbons (Fsp3) is 0.220. The number of hydrogen-bond donors (Lipinski definition) is 2.